The number of hydrogen-bond acceptors (Lipinski definition) is 3. The van der Waals surface area contributed by atoms with E-state index in [4.69, 9.17) is 4.74 Å². The normalized spacial score (nSPS) is 10.3. The minimum Gasteiger partial charge on any atom is -0.496 e. The first kappa shape index (κ1) is 15.2. The zero-order valence-electron chi connectivity index (χ0n) is 12.4. The van der Waals surface area contributed by atoms with Gasteiger partial charge in [-0.2, -0.15) is 0 Å². The molecule has 116 valence electrons. The minimum atomic E-state index is -0.484. The average Bonchev–Trinajstić information content (AvgIpc) is 3.09. The van der Waals surface area contributed by atoms with Crippen molar-refractivity contribution in [2.45, 2.75) is 0 Å². The average molecular weight is 327 g/mol. The molecule has 23 heavy (non-hydrogen) atoms. The highest BCUT2D eigenvalue weighted by Crippen LogP contribution is 2.32. The van der Waals surface area contributed by atoms with Crippen LogP contribution in [0, 0.1) is 5.82 Å². The number of nitrogens with one attached hydrogen (secondary N) is 1. The van der Waals surface area contributed by atoms with Gasteiger partial charge in [0.25, 0.3) is 5.91 Å². The van der Waals surface area contributed by atoms with Gasteiger partial charge in [-0.1, -0.05) is 24.3 Å². The van der Waals surface area contributed by atoms with Gasteiger partial charge >= 0.3 is 0 Å². The summed E-state index contributed by atoms with van der Waals surface area (Å²) in [5.41, 5.74) is 1.76. The molecule has 3 rings (SSSR count). The maximum atomic E-state index is 13.5. The van der Waals surface area contributed by atoms with Crippen LogP contribution in [-0.4, -0.2) is 13.0 Å². The molecule has 0 saturated carbocycles. The number of ether oxygens (including phenoxy) is 1. The maximum absolute atomic E-state index is 13.5. The van der Waals surface area contributed by atoms with Gasteiger partial charge < -0.3 is 10.1 Å². The quantitative estimate of drug-likeness (QED) is 0.746. The Morgan fingerprint density at radius 3 is 2.70 bits per heavy atom. The maximum Gasteiger partial charge on any atom is 0.259 e. The summed E-state index contributed by atoms with van der Waals surface area (Å²) in [5.74, 6) is -0.564. The van der Waals surface area contributed by atoms with Crippen molar-refractivity contribution in [3.05, 3.63) is 71.4 Å². The molecule has 1 heterocycles. The smallest absolute Gasteiger partial charge is 0.259 e. The Kier molecular flexibility index (Phi) is 4.39. The van der Waals surface area contributed by atoms with Crippen molar-refractivity contribution in [1.29, 1.82) is 0 Å². The van der Waals surface area contributed by atoms with Gasteiger partial charge in [0.15, 0.2) is 0 Å². The summed E-state index contributed by atoms with van der Waals surface area (Å²) >= 11 is 1.59. The molecule has 0 aliphatic heterocycles. The third-order valence-electron chi connectivity index (χ3n) is 3.37. The second-order valence-corrected chi connectivity index (χ2v) is 5.77. The number of methoxy groups -OCH3 is 1. The van der Waals surface area contributed by atoms with E-state index in [9.17, 15) is 9.18 Å². The van der Waals surface area contributed by atoms with Crippen LogP contribution >= 0.6 is 11.3 Å². The lowest BCUT2D eigenvalue weighted by Gasteiger charge is -2.12. The number of thiophene rings is 1. The fraction of sp³-hybridized carbons (Fsp3) is 0.0556. The highest BCUT2D eigenvalue weighted by atomic mass is 32.1. The Morgan fingerprint density at radius 2 is 1.96 bits per heavy atom. The first-order valence-electron chi connectivity index (χ1n) is 6.97. The first-order chi connectivity index (χ1) is 11.2. The van der Waals surface area contributed by atoms with Gasteiger partial charge in [-0.05, 0) is 35.7 Å². The van der Waals surface area contributed by atoms with Crippen LogP contribution in [0.4, 0.5) is 10.1 Å². The number of halogens is 1. The van der Waals surface area contributed by atoms with E-state index >= 15 is 0 Å². The van der Waals surface area contributed by atoms with E-state index in [0.29, 0.717) is 11.4 Å². The summed E-state index contributed by atoms with van der Waals surface area (Å²) < 4.78 is 18.6. The van der Waals surface area contributed by atoms with Crippen molar-refractivity contribution in [2.24, 2.45) is 0 Å². The van der Waals surface area contributed by atoms with Crippen molar-refractivity contribution < 1.29 is 13.9 Å². The number of carbonyl (C=O) groups is 1. The molecular weight excluding hydrogens is 313 g/mol. The van der Waals surface area contributed by atoms with Crippen LogP contribution < -0.4 is 10.1 Å². The molecule has 1 N–H and O–H groups in total. The van der Waals surface area contributed by atoms with E-state index in [1.165, 1.54) is 25.3 Å². The molecule has 3 nitrogen and oxygen atoms in total. The highest BCUT2D eigenvalue weighted by Gasteiger charge is 2.15. The molecule has 0 saturated heterocycles. The van der Waals surface area contributed by atoms with Crippen LogP contribution in [-0.2, 0) is 0 Å². The third kappa shape index (κ3) is 3.24. The summed E-state index contributed by atoms with van der Waals surface area (Å²) in [5, 5.41) is 4.81. The van der Waals surface area contributed by atoms with Crippen molar-refractivity contribution in [3.63, 3.8) is 0 Å². The Morgan fingerprint density at radius 1 is 1.13 bits per heavy atom. The predicted octanol–water partition coefficient (Wildman–Crippen LogP) is 4.82. The van der Waals surface area contributed by atoms with E-state index in [1.807, 2.05) is 41.8 Å². The summed E-state index contributed by atoms with van der Waals surface area (Å²) in [6.07, 6.45) is 0. The summed E-state index contributed by atoms with van der Waals surface area (Å²) in [4.78, 5) is 13.6. The van der Waals surface area contributed by atoms with Gasteiger partial charge in [0.1, 0.15) is 11.6 Å². The predicted molar refractivity (Wildman–Crippen MR) is 90.7 cm³/mol. The molecule has 1 aromatic heterocycles. The summed E-state index contributed by atoms with van der Waals surface area (Å²) in [6.45, 7) is 0. The van der Waals surface area contributed by atoms with Crippen LogP contribution in [0.15, 0.2) is 60.0 Å². The monoisotopic (exact) mass is 327 g/mol. The van der Waals surface area contributed by atoms with E-state index in [1.54, 1.807) is 11.3 Å². The first-order valence-corrected chi connectivity index (χ1v) is 7.85. The van der Waals surface area contributed by atoms with Crippen LogP contribution in [0.5, 0.6) is 5.75 Å². The Hall–Kier alpha value is -2.66. The van der Waals surface area contributed by atoms with Gasteiger partial charge in [0, 0.05) is 16.1 Å². The minimum absolute atomic E-state index is 0.161. The summed E-state index contributed by atoms with van der Waals surface area (Å²) in [7, 11) is 1.45. The lowest BCUT2D eigenvalue weighted by molar-refractivity contribution is 0.102. The molecule has 0 radical (unpaired) electrons. The fourth-order valence-corrected chi connectivity index (χ4v) is 3.05. The standard InChI is InChI=1S/C18H14FNO2S/c1-22-16-9-8-12(19)11-14(16)18(21)20-15-6-3-2-5-13(15)17-7-4-10-23-17/h2-11H,1H3,(H,20,21). The third-order valence-corrected chi connectivity index (χ3v) is 4.27. The number of amides is 1. The number of benzene rings is 2. The zero-order valence-corrected chi connectivity index (χ0v) is 13.2. The largest absolute Gasteiger partial charge is 0.496 e. The highest BCUT2D eigenvalue weighted by molar-refractivity contribution is 7.13. The Balaban J connectivity index is 1.94. The van der Waals surface area contributed by atoms with Gasteiger partial charge in [0.2, 0.25) is 0 Å². The SMILES string of the molecule is COc1ccc(F)cc1C(=O)Nc1ccccc1-c1cccs1. The lowest BCUT2D eigenvalue weighted by atomic mass is 10.1. The number of para-hydroxylation sites is 1. The van der Waals surface area contributed by atoms with Gasteiger partial charge in [-0.3, -0.25) is 4.79 Å². The molecule has 1 amide bonds. The van der Waals surface area contributed by atoms with Crippen molar-refractivity contribution in [1.82, 2.24) is 0 Å². The van der Waals surface area contributed by atoms with Gasteiger partial charge in [-0.15, -0.1) is 11.3 Å². The molecule has 0 unspecified atom stereocenters. The molecule has 0 aliphatic carbocycles. The molecule has 3 aromatic rings. The molecule has 2 aromatic carbocycles. The summed E-state index contributed by atoms with van der Waals surface area (Å²) in [6, 6.07) is 15.3. The molecule has 5 heteroatoms. The van der Waals surface area contributed by atoms with Crippen LogP contribution in [0.25, 0.3) is 10.4 Å². The van der Waals surface area contributed by atoms with E-state index < -0.39 is 11.7 Å². The molecule has 0 fully saturated rings. The second kappa shape index (κ2) is 6.62. The van der Waals surface area contributed by atoms with Crippen LogP contribution in [0.3, 0.4) is 0 Å². The Bertz CT molecular complexity index is 831. The van der Waals surface area contributed by atoms with E-state index in [2.05, 4.69) is 5.32 Å². The van der Waals surface area contributed by atoms with Gasteiger partial charge in [-0.25, -0.2) is 4.39 Å². The Labute approximate surface area is 137 Å². The van der Waals surface area contributed by atoms with Crippen LogP contribution in [0.1, 0.15) is 10.4 Å². The molecule has 0 spiro atoms. The van der Waals surface area contributed by atoms with Crippen molar-refractivity contribution in [3.8, 4) is 16.2 Å². The van der Waals surface area contributed by atoms with Crippen molar-refractivity contribution >= 4 is 22.9 Å². The van der Waals surface area contributed by atoms with Crippen LogP contribution in [0.2, 0.25) is 0 Å². The van der Waals surface area contributed by atoms with E-state index in [-0.39, 0.29) is 5.56 Å². The zero-order chi connectivity index (χ0) is 16.2. The van der Waals surface area contributed by atoms with Crippen molar-refractivity contribution in [2.75, 3.05) is 12.4 Å². The second-order valence-electron chi connectivity index (χ2n) is 4.82. The molecular formula is C18H14FNO2S. The molecule has 0 aliphatic rings. The number of anilines is 1. The lowest BCUT2D eigenvalue weighted by Crippen LogP contribution is -2.14. The number of hydrogen-bond donors (Lipinski definition) is 1. The fourth-order valence-electron chi connectivity index (χ4n) is 2.29. The molecule has 0 bridgehead atoms. The van der Waals surface area contributed by atoms with E-state index in [0.717, 1.165) is 10.4 Å². The van der Waals surface area contributed by atoms with Gasteiger partial charge in [0.05, 0.1) is 12.7 Å². The molecule has 0 atom stereocenters. The number of rotatable bonds is 4. The topological polar surface area (TPSA) is 38.3 Å². The number of carbonyl (C=O) groups excluding carboxylic acids is 1.